The molecule has 0 unspecified atom stereocenters. The number of rotatable bonds is 4. The molecule has 4 aromatic rings. The Balaban J connectivity index is 0.00000182. The van der Waals surface area contributed by atoms with Crippen LogP contribution in [0.2, 0.25) is 0 Å². The highest BCUT2D eigenvalue weighted by Crippen LogP contribution is 2.31. The fourth-order valence-corrected chi connectivity index (χ4v) is 3.37. The molecule has 0 fully saturated rings. The van der Waals surface area contributed by atoms with Gasteiger partial charge in [-0.25, -0.2) is 9.97 Å². The molecule has 25 heavy (non-hydrogen) atoms. The van der Waals surface area contributed by atoms with Crippen molar-refractivity contribution in [3.05, 3.63) is 71.9 Å². The molecule has 126 valence electrons. The first kappa shape index (κ1) is 17.2. The zero-order chi connectivity index (χ0) is 16.4. The molecule has 0 bridgehead atoms. The summed E-state index contributed by atoms with van der Waals surface area (Å²) < 4.78 is 6.87. The van der Waals surface area contributed by atoms with Crippen molar-refractivity contribution in [2.24, 2.45) is 0 Å². The van der Waals surface area contributed by atoms with Crippen LogP contribution in [0.1, 0.15) is 5.56 Å². The molecule has 0 aliphatic rings. The van der Waals surface area contributed by atoms with E-state index >= 15 is 0 Å². The van der Waals surface area contributed by atoms with E-state index in [1.807, 2.05) is 54.6 Å². The number of para-hydroxylation sites is 1. The highest BCUT2D eigenvalue weighted by Gasteiger charge is 2.08. The van der Waals surface area contributed by atoms with Crippen molar-refractivity contribution >= 4 is 45.5 Å². The van der Waals surface area contributed by atoms with Gasteiger partial charge in [-0.1, -0.05) is 18.2 Å². The minimum Gasteiger partial charge on any atom is -0.457 e. The van der Waals surface area contributed by atoms with Crippen LogP contribution in [0.4, 0.5) is 11.5 Å². The van der Waals surface area contributed by atoms with Crippen LogP contribution in [-0.4, -0.2) is 9.97 Å². The monoisotopic (exact) mass is 369 g/mol. The van der Waals surface area contributed by atoms with Gasteiger partial charge >= 0.3 is 0 Å². The Morgan fingerprint density at radius 2 is 1.64 bits per heavy atom. The minimum atomic E-state index is 0. The van der Waals surface area contributed by atoms with E-state index in [2.05, 4.69) is 27.6 Å². The number of hydrogen-bond acceptors (Lipinski definition) is 5. The van der Waals surface area contributed by atoms with E-state index < -0.39 is 0 Å². The van der Waals surface area contributed by atoms with Gasteiger partial charge in [0, 0.05) is 5.69 Å². The third-order valence-electron chi connectivity index (χ3n) is 3.63. The minimum absolute atomic E-state index is 0. The average Bonchev–Trinajstić information content (AvgIpc) is 3.00. The fraction of sp³-hybridized carbons (Fsp3) is 0.0526. The summed E-state index contributed by atoms with van der Waals surface area (Å²) in [6.07, 6.45) is 1.59. The normalized spacial score (nSPS) is 10.3. The molecule has 4 nitrogen and oxygen atoms in total. The SMILES string of the molecule is Cc1csc2c(Nc3ccc(Oc4ccccc4)cc3)ncnc12.Cl. The number of nitrogens with one attached hydrogen (secondary N) is 1. The molecule has 0 saturated carbocycles. The van der Waals surface area contributed by atoms with Crippen LogP contribution >= 0.6 is 23.7 Å². The van der Waals surface area contributed by atoms with Gasteiger partial charge in [0.2, 0.25) is 0 Å². The van der Waals surface area contributed by atoms with Crippen LogP contribution in [0, 0.1) is 6.92 Å². The lowest BCUT2D eigenvalue weighted by molar-refractivity contribution is 0.483. The Kier molecular flexibility index (Phi) is 5.16. The Bertz CT molecular complexity index is 971. The van der Waals surface area contributed by atoms with Gasteiger partial charge in [-0.15, -0.1) is 23.7 Å². The quantitative estimate of drug-likeness (QED) is 0.482. The number of anilines is 2. The Hall–Kier alpha value is -2.63. The van der Waals surface area contributed by atoms with Gasteiger partial charge in [0.1, 0.15) is 17.8 Å². The molecule has 4 rings (SSSR count). The first-order valence-electron chi connectivity index (χ1n) is 7.58. The number of ether oxygens (including phenoxy) is 1. The van der Waals surface area contributed by atoms with Crippen LogP contribution in [0.25, 0.3) is 10.2 Å². The molecule has 0 spiro atoms. The van der Waals surface area contributed by atoms with Gasteiger partial charge in [-0.05, 0) is 54.3 Å². The smallest absolute Gasteiger partial charge is 0.151 e. The average molecular weight is 370 g/mol. The number of benzene rings is 2. The summed E-state index contributed by atoms with van der Waals surface area (Å²) >= 11 is 1.65. The van der Waals surface area contributed by atoms with Gasteiger partial charge in [0.25, 0.3) is 0 Å². The number of nitrogens with zero attached hydrogens (tertiary/aromatic N) is 2. The lowest BCUT2D eigenvalue weighted by Gasteiger charge is -2.08. The van der Waals surface area contributed by atoms with E-state index in [0.29, 0.717) is 0 Å². The van der Waals surface area contributed by atoms with E-state index in [4.69, 9.17) is 4.74 Å². The van der Waals surface area contributed by atoms with Gasteiger partial charge < -0.3 is 10.1 Å². The molecule has 0 saturated heterocycles. The van der Waals surface area contributed by atoms with Crippen LogP contribution in [0.3, 0.4) is 0 Å². The maximum atomic E-state index is 5.81. The summed E-state index contributed by atoms with van der Waals surface area (Å²) in [6, 6.07) is 17.6. The number of fused-ring (bicyclic) bond motifs is 1. The molecular weight excluding hydrogens is 354 g/mol. The van der Waals surface area contributed by atoms with Crippen molar-refractivity contribution in [1.82, 2.24) is 9.97 Å². The second kappa shape index (κ2) is 7.51. The third kappa shape index (κ3) is 3.73. The van der Waals surface area contributed by atoms with E-state index in [-0.39, 0.29) is 12.4 Å². The molecule has 0 aliphatic carbocycles. The van der Waals surface area contributed by atoms with Crippen molar-refractivity contribution in [2.75, 3.05) is 5.32 Å². The van der Waals surface area contributed by atoms with Crippen LogP contribution in [0.5, 0.6) is 11.5 Å². The number of halogens is 1. The number of thiophene rings is 1. The van der Waals surface area contributed by atoms with Gasteiger partial charge in [0.05, 0.1) is 10.2 Å². The molecule has 2 aromatic carbocycles. The standard InChI is InChI=1S/C19H15N3OS.ClH/c1-13-11-24-18-17(13)20-12-21-19(18)22-14-7-9-16(10-8-14)23-15-5-3-2-4-6-15;/h2-12H,1H3,(H,20,21,22);1H. The molecule has 2 heterocycles. The zero-order valence-corrected chi connectivity index (χ0v) is 15.1. The molecule has 6 heteroatoms. The number of hydrogen-bond donors (Lipinski definition) is 1. The summed E-state index contributed by atoms with van der Waals surface area (Å²) in [7, 11) is 0. The van der Waals surface area contributed by atoms with E-state index in [9.17, 15) is 0 Å². The lowest BCUT2D eigenvalue weighted by Crippen LogP contribution is -1.94. The molecule has 2 aromatic heterocycles. The lowest BCUT2D eigenvalue weighted by atomic mass is 10.3. The van der Waals surface area contributed by atoms with Crippen molar-refractivity contribution in [1.29, 1.82) is 0 Å². The van der Waals surface area contributed by atoms with Crippen molar-refractivity contribution in [3.63, 3.8) is 0 Å². The van der Waals surface area contributed by atoms with Crippen LogP contribution in [0.15, 0.2) is 66.3 Å². The fourth-order valence-electron chi connectivity index (χ4n) is 2.43. The van der Waals surface area contributed by atoms with Gasteiger partial charge in [-0.3, -0.25) is 0 Å². The predicted molar refractivity (Wildman–Crippen MR) is 106 cm³/mol. The zero-order valence-electron chi connectivity index (χ0n) is 13.5. The molecule has 0 amide bonds. The van der Waals surface area contributed by atoms with E-state index in [1.165, 1.54) is 5.56 Å². The van der Waals surface area contributed by atoms with Gasteiger partial charge in [-0.2, -0.15) is 0 Å². The van der Waals surface area contributed by atoms with E-state index in [1.54, 1.807) is 17.7 Å². The van der Waals surface area contributed by atoms with E-state index in [0.717, 1.165) is 33.2 Å². The Morgan fingerprint density at radius 1 is 0.920 bits per heavy atom. The first-order chi connectivity index (χ1) is 11.8. The Labute approximate surface area is 155 Å². The first-order valence-corrected chi connectivity index (χ1v) is 8.46. The summed E-state index contributed by atoms with van der Waals surface area (Å²) in [4.78, 5) is 8.71. The summed E-state index contributed by atoms with van der Waals surface area (Å²) in [5.41, 5.74) is 3.13. The van der Waals surface area contributed by atoms with Crippen LogP contribution in [-0.2, 0) is 0 Å². The van der Waals surface area contributed by atoms with Gasteiger partial charge in [0.15, 0.2) is 5.82 Å². The van der Waals surface area contributed by atoms with Crippen molar-refractivity contribution < 1.29 is 4.74 Å². The second-order valence-corrected chi connectivity index (χ2v) is 6.26. The molecular formula is C19H16ClN3OS. The molecule has 0 radical (unpaired) electrons. The maximum absolute atomic E-state index is 5.81. The topological polar surface area (TPSA) is 47.0 Å². The van der Waals surface area contributed by atoms with Crippen molar-refractivity contribution in [3.8, 4) is 11.5 Å². The predicted octanol–water partition coefficient (Wildman–Crippen LogP) is 5.96. The molecule has 1 N–H and O–H groups in total. The molecule has 0 aliphatic heterocycles. The highest BCUT2D eigenvalue weighted by atomic mass is 35.5. The Morgan fingerprint density at radius 3 is 2.40 bits per heavy atom. The summed E-state index contributed by atoms with van der Waals surface area (Å²) in [6.45, 7) is 2.06. The van der Waals surface area contributed by atoms with Crippen LogP contribution < -0.4 is 10.1 Å². The number of aryl methyl sites for hydroxylation is 1. The highest BCUT2D eigenvalue weighted by molar-refractivity contribution is 7.18. The third-order valence-corrected chi connectivity index (χ3v) is 4.72. The maximum Gasteiger partial charge on any atom is 0.151 e. The number of aromatic nitrogens is 2. The summed E-state index contributed by atoms with van der Waals surface area (Å²) in [5, 5.41) is 5.45. The summed E-state index contributed by atoms with van der Waals surface area (Å²) in [5.74, 6) is 2.45. The second-order valence-electron chi connectivity index (χ2n) is 5.38. The largest absolute Gasteiger partial charge is 0.457 e. The molecule has 0 atom stereocenters. The van der Waals surface area contributed by atoms with Crippen molar-refractivity contribution in [2.45, 2.75) is 6.92 Å².